The molecule has 0 spiro atoms. The van der Waals surface area contributed by atoms with Gasteiger partial charge in [0.1, 0.15) is 0 Å². The van der Waals surface area contributed by atoms with Gasteiger partial charge >= 0.3 is 0 Å². The van der Waals surface area contributed by atoms with Crippen molar-refractivity contribution in [2.24, 2.45) is 0 Å². The largest absolute Gasteiger partial charge is 0.382 e. The fourth-order valence-corrected chi connectivity index (χ4v) is 3.61. The van der Waals surface area contributed by atoms with Crippen LogP contribution in [0.1, 0.15) is 24.0 Å². The summed E-state index contributed by atoms with van der Waals surface area (Å²) in [7, 11) is -0.668. The van der Waals surface area contributed by atoms with Gasteiger partial charge in [-0.25, -0.2) is 0 Å². The number of benzene rings is 1. The molecule has 6 heteroatoms. The van der Waals surface area contributed by atoms with Gasteiger partial charge in [-0.3, -0.25) is 14.3 Å². The van der Waals surface area contributed by atoms with Gasteiger partial charge in [0.2, 0.25) is 0 Å². The molecule has 104 valence electrons. The lowest BCUT2D eigenvalue weighted by Crippen LogP contribution is -2.29. The average molecular weight is 282 g/mol. The second kappa shape index (κ2) is 5.69. The number of aryl methyl sites for hydroxylation is 2. The Kier molecular flexibility index (Phi) is 4.19. The Labute approximate surface area is 115 Å². The van der Waals surface area contributed by atoms with E-state index in [1.54, 1.807) is 13.0 Å². The van der Waals surface area contributed by atoms with Crippen LogP contribution in [0.4, 0.5) is 11.4 Å². The van der Waals surface area contributed by atoms with Crippen molar-refractivity contribution in [3.63, 3.8) is 0 Å². The van der Waals surface area contributed by atoms with Crippen LogP contribution in [0.15, 0.2) is 12.1 Å². The first-order chi connectivity index (χ1) is 8.97. The Morgan fingerprint density at radius 3 is 2.47 bits per heavy atom. The zero-order valence-corrected chi connectivity index (χ0v) is 12.0. The van der Waals surface area contributed by atoms with Crippen LogP contribution >= 0.6 is 0 Å². The molecule has 1 aliphatic rings. The highest BCUT2D eigenvalue weighted by molar-refractivity contribution is 7.85. The number of hydrogen-bond acceptors (Lipinski definition) is 4. The standard InChI is InChI=1S/C13H18N2O3S/c1-9-8-13(15(16)17)10(2)7-12(9)14-11-3-5-19(18)6-4-11/h7-8,11,14H,3-6H2,1-2H3. The zero-order chi connectivity index (χ0) is 14.0. The van der Waals surface area contributed by atoms with Gasteiger partial charge in [0.05, 0.1) is 4.92 Å². The first-order valence-corrected chi connectivity index (χ1v) is 7.83. The summed E-state index contributed by atoms with van der Waals surface area (Å²) in [6, 6.07) is 3.76. The maximum atomic E-state index is 11.3. The molecule has 2 rings (SSSR count). The number of nitro benzene ring substituents is 1. The molecule has 1 aromatic carbocycles. The molecule has 0 radical (unpaired) electrons. The predicted molar refractivity (Wildman–Crippen MR) is 77.1 cm³/mol. The molecule has 0 unspecified atom stereocenters. The third-order valence-electron chi connectivity index (χ3n) is 3.49. The smallest absolute Gasteiger partial charge is 0.272 e. The quantitative estimate of drug-likeness (QED) is 0.683. The van der Waals surface area contributed by atoms with Gasteiger partial charge < -0.3 is 5.32 Å². The van der Waals surface area contributed by atoms with Crippen molar-refractivity contribution in [3.05, 3.63) is 33.4 Å². The second-order valence-corrected chi connectivity index (χ2v) is 6.67. The monoisotopic (exact) mass is 282 g/mol. The van der Waals surface area contributed by atoms with E-state index in [9.17, 15) is 14.3 Å². The number of anilines is 1. The highest BCUT2D eigenvalue weighted by atomic mass is 32.2. The van der Waals surface area contributed by atoms with Gasteiger partial charge in [0.25, 0.3) is 5.69 Å². The maximum absolute atomic E-state index is 11.3. The molecule has 1 heterocycles. The SMILES string of the molecule is Cc1cc([N+](=O)[O-])c(C)cc1NC1CCS(=O)CC1. The molecule has 0 saturated carbocycles. The molecule has 0 amide bonds. The van der Waals surface area contributed by atoms with E-state index >= 15 is 0 Å². The summed E-state index contributed by atoms with van der Waals surface area (Å²) >= 11 is 0. The molecule has 1 aromatic rings. The summed E-state index contributed by atoms with van der Waals surface area (Å²) in [6.45, 7) is 3.62. The fourth-order valence-electron chi connectivity index (χ4n) is 2.31. The molecule has 1 N–H and O–H groups in total. The van der Waals surface area contributed by atoms with Crippen molar-refractivity contribution < 1.29 is 9.13 Å². The molecule has 0 bridgehead atoms. The lowest BCUT2D eigenvalue weighted by atomic mass is 10.1. The molecule has 1 fully saturated rings. The van der Waals surface area contributed by atoms with E-state index in [1.165, 1.54) is 0 Å². The topological polar surface area (TPSA) is 72.2 Å². The van der Waals surface area contributed by atoms with Crippen molar-refractivity contribution in [1.82, 2.24) is 0 Å². The summed E-state index contributed by atoms with van der Waals surface area (Å²) in [5, 5.41) is 14.3. The van der Waals surface area contributed by atoms with Crippen LogP contribution in [-0.2, 0) is 10.8 Å². The van der Waals surface area contributed by atoms with Gasteiger partial charge in [-0.05, 0) is 38.3 Å². The van der Waals surface area contributed by atoms with E-state index in [4.69, 9.17) is 0 Å². The maximum Gasteiger partial charge on any atom is 0.272 e. The third-order valence-corrected chi connectivity index (χ3v) is 4.87. The summed E-state index contributed by atoms with van der Waals surface area (Å²) in [5.41, 5.74) is 2.65. The van der Waals surface area contributed by atoms with Crippen molar-refractivity contribution in [2.45, 2.75) is 32.7 Å². The van der Waals surface area contributed by atoms with Crippen LogP contribution < -0.4 is 5.32 Å². The van der Waals surface area contributed by atoms with Crippen LogP contribution in [0.5, 0.6) is 0 Å². The molecule has 19 heavy (non-hydrogen) atoms. The van der Waals surface area contributed by atoms with Gasteiger partial charge in [0.15, 0.2) is 0 Å². The molecule has 0 atom stereocenters. The van der Waals surface area contributed by atoms with Crippen LogP contribution in [0.2, 0.25) is 0 Å². The van der Waals surface area contributed by atoms with E-state index < -0.39 is 10.8 Å². The van der Waals surface area contributed by atoms with E-state index in [0.717, 1.165) is 35.6 Å². The van der Waals surface area contributed by atoms with Crippen LogP contribution in [-0.4, -0.2) is 26.7 Å². The Bertz CT molecular complexity index is 521. The van der Waals surface area contributed by atoms with Crippen molar-refractivity contribution in [3.8, 4) is 0 Å². The summed E-state index contributed by atoms with van der Waals surface area (Å²) in [4.78, 5) is 10.5. The number of nitrogens with one attached hydrogen (secondary N) is 1. The molecule has 1 aliphatic heterocycles. The number of nitrogens with zero attached hydrogens (tertiary/aromatic N) is 1. The fraction of sp³-hybridized carbons (Fsp3) is 0.538. The van der Waals surface area contributed by atoms with Crippen LogP contribution in [0.3, 0.4) is 0 Å². The first kappa shape index (κ1) is 14.0. The minimum atomic E-state index is -0.668. The Morgan fingerprint density at radius 1 is 1.26 bits per heavy atom. The summed E-state index contributed by atoms with van der Waals surface area (Å²) < 4.78 is 11.3. The normalized spacial score (nSPS) is 23.1. The van der Waals surface area contributed by atoms with Gasteiger partial charge in [-0.1, -0.05) is 0 Å². The van der Waals surface area contributed by atoms with Gasteiger partial charge in [-0.15, -0.1) is 0 Å². The highest BCUT2D eigenvalue weighted by Gasteiger charge is 2.19. The molecule has 0 aromatic heterocycles. The van der Waals surface area contributed by atoms with E-state index in [1.807, 2.05) is 13.0 Å². The van der Waals surface area contributed by atoms with E-state index in [0.29, 0.717) is 11.6 Å². The van der Waals surface area contributed by atoms with E-state index in [-0.39, 0.29) is 10.6 Å². The lowest BCUT2D eigenvalue weighted by Gasteiger charge is -2.24. The minimum absolute atomic E-state index is 0.160. The Hall–Kier alpha value is -1.43. The Morgan fingerprint density at radius 2 is 1.89 bits per heavy atom. The Balaban J connectivity index is 2.15. The second-order valence-electron chi connectivity index (χ2n) is 4.98. The van der Waals surface area contributed by atoms with E-state index in [2.05, 4.69) is 5.32 Å². The highest BCUT2D eigenvalue weighted by Crippen LogP contribution is 2.27. The molecule has 5 nitrogen and oxygen atoms in total. The van der Waals surface area contributed by atoms with Crippen LogP contribution in [0, 0.1) is 24.0 Å². The molecule has 0 aliphatic carbocycles. The van der Waals surface area contributed by atoms with Crippen LogP contribution in [0.25, 0.3) is 0 Å². The average Bonchev–Trinajstić information content (AvgIpc) is 2.35. The molecular formula is C13H18N2O3S. The first-order valence-electron chi connectivity index (χ1n) is 6.34. The number of nitro groups is 1. The number of rotatable bonds is 3. The summed E-state index contributed by atoms with van der Waals surface area (Å²) in [5.74, 6) is 1.48. The molecule has 1 saturated heterocycles. The van der Waals surface area contributed by atoms with Crippen molar-refractivity contribution in [2.75, 3.05) is 16.8 Å². The predicted octanol–water partition coefficient (Wildman–Crippen LogP) is 2.53. The third kappa shape index (κ3) is 3.32. The van der Waals surface area contributed by atoms with Crippen molar-refractivity contribution in [1.29, 1.82) is 0 Å². The van der Waals surface area contributed by atoms with Crippen molar-refractivity contribution >= 4 is 22.2 Å². The zero-order valence-electron chi connectivity index (χ0n) is 11.1. The lowest BCUT2D eigenvalue weighted by molar-refractivity contribution is -0.385. The minimum Gasteiger partial charge on any atom is -0.382 e. The number of hydrogen-bond donors (Lipinski definition) is 1. The summed E-state index contributed by atoms with van der Waals surface area (Å²) in [6.07, 6.45) is 1.78. The van der Waals surface area contributed by atoms with Gasteiger partial charge in [0, 0.05) is 45.7 Å². The van der Waals surface area contributed by atoms with Gasteiger partial charge in [-0.2, -0.15) is 0 Å². The molecular weight excluding hydrogens is 264 g/mol.